The first-order valence-electron chi connectivity index (χ1n) is 15.9. The Kier molecular flexibility index (Phi) is 8.90. The number of imidazole rings is 2. The molecule has 4 aromatic rings. The molecule has 234 valence electrons. The Morgan fingerprint density at radius 3 is 2.67 bits per heavy atom. The maximum absolute atomic E-state index is 13.7. The second-order valence-electron chi connectivity index (χ2n) is 12.4. The molecule has 2 aromatic heterocycles. The van der Waals surface area contributed by atoms with Gasteiger partial charge in [0.1, 0.15) is 23.4 Å². The van der Waals surface area contributed by atoms with E-state index in [2.05, 4.69) is 79.7 Å². The van der Waals surface area contributed by atoms with Crippen LogP contribution in [0.2, 0.25) is 0 Å². The molecule has 10 heteroatoms. The highest BCUT2D eigenvalue weighted by molar-refractivity contribution is 5.88. The number of carbonyl (C=O) groups excluding carboxylic acids is 2. The molecule has 6 rings (SSSR count). The normalized spacial score (nSPS) is 20.9. The number of aromatic nitrogens is 4. The van der Waals surface area contributed by atoms with Gasteiger partial charge in [0.05, 0.1) is 37.3 Å². The molecule has 2 fully saturated rings. The van der Waals surface area contributed by atoms with Crippen molar-refractivity contribution in [2.75, 3.05) is 20.2 Å². The van der Waals surface area contributed by atoms with Crippen LogP contribution in [-0.2, 0) is 9.53 Å². The van der Waals surface area contributed by atoms with Crippen LogP contribution in [0.4, 0.5) is 4.79 Å². The Morgan fingerprint density at radius 2 is 1.89 bits per heavy atom. The van der Waals surface area contributed by atoms with Crippen LogP contribution in [-0.4, -0.2) is 63.1 Å². The number of H-pyrrole nitrogens is 2. The van der Waals surface area contributed by atoms with Crippen molar-refractivity contribution in [2.45, 2.75) is 64.6 Å². The van der Waals surface area contributed by atoms with E-state index in [1.165, 1.54) is 13.5 Å². The Morgan fingerprint density at radius 1 is 1.09 bits per heavy atom. The third kappa shape index (κ3) is 6.59. The molecule has 0 saturated carbocycles. The van der Waals surface area contributed by atoms with Crippen molar-refractivity contribution in [3.8, 4) is 23.1 Å². The molecular weight excluding hydrogens is 566 g/mol. The molecule has 10 nitrogen and oxygen atoms in total. The molecule has 0 spiro atoms. The number of nitrogens with one attached hydrogen (secondary N) is 4. The molecule has 2 aliphatic rings. The number of alkyl carbamates (subject to hydrolysis) is 1. The predicted octanol–water partition coefficient (Wildman–Crippen LogP) is 5.46. The lowest BCUT2D eigenvalue weighted by molar-refractivity contribution is -0.135. The van der Waals surface area contributed by atoms with Crippen LogP contribution in [0.3, 0.4) is 0 Å². The quantitative estimate of drug-likeness (QED) is 0.207. The number of amides is 2. The van der Waals surface area contributed by atoms with Gasteiger partial charge in [0.2, 0.25) is 5.91 Å². The highest BCUT2D eigenvalue weighted by Crippen LogP contribution is 2.35. The van der Waals surface area contributed by atoms with Gasteiger partial charge in [-0.05, 0) is 72.5 Å². The van der Waals surface area contributed by atoms with Crippen LogP contribution in [0, 0.1) is 23.7 Å². The molecule has 5 atom stereocenters. The number of hydrogen-bond donors (Lipinski definition) is 4. The van der Waals surface area contributed by atoms with Gasteiger partial charge in [-0.25, -0.2) is 14.8 Å². The average Bonchev–Trinajstić information content (AvgIpc) is 3.88. The maximum atomic E-state index is 13.7. The summed E-state index contributed by atoms with van der Waals surface area (Å²) in [6, 6.07) is 12.0. The smallest absolute Gasteiger partial charge is 0.407 e. The van der Waals surface area contributed by atoms with E-state index in [-0.39, 0.29) is 17.9 Å². The largest absolute Gasteiger partial charge is 0.453 e. The number of benzene rings is 2. The molecule has 2 saturated heterocycles. The molecule has 5 unspecified atom stereocenters. The zero-order valence-electron chi connectivity index (χ0n) is 26.3. The monoisotopic (exact) mass is 607 g/mol. The molecule has 0 radical (unpaired) electrons. The summed E-state index contributed by atoms with van der Waals surface area (Å²) in [6.45, 7) is 7.73. The standard InChI is InChI=1S/C35H41N7O3/c1-5-22(3)31(41-35(44)45-4)34(43)42-20-21(2)15-30(42)33-37-18-27(39-33)13-9-23-8-10-25-17-26(12-11-24(25)16-23)29-19-38-32(40-29)28-7-6-14-36-28/h8,10-12,16-19,21-22,28,30-31,36H,5-7,14-15,20H2,1-4H3,(H,37,39)(H,38,40)(H,41,44). The van der Waals surface area contributed by atoms with Gasteiger partial charge in [-0.2, -0.15) is 0 Å². The highest BCUT2D eigenvalue weighted by Gasteiger charge is 2.40. The number of rotatable bonds is 7. The minimum absolute atomic E-state index is 0.0443. The van der Waals surface area contributed by atoms with Crippen LogP contribution >= 0.6 is 0 Å². The Hall–Kier alpha value is -4.62. The molecule has 2 aliphatic heterocycles. The highest BCUT2D eigenvalue weighted by atomic mass is 16.5. The summed E-state index contributed by atoms with van der Waals surface area (Å²) < 4.78 is 4.79. The number of methoxy groups -OCH3 is 1. The van der Waals surface area contributed by atoms with E-state index in [1.807, 2.05) is 31.0 Å². The number of ether oxygens (including phenoxy) is 1. The van der Waals surface area contributed by atoms with E-state index < -0.39 is 12.1 Å². The second kappa shape index (κ2) is 13.2. The summed E-state index contributed by atoms with van der Waals surface area (Å²) in [5.74, 6) is 8.31. The number of hydrogen-bond acceptors (Lipinski definition) is 6. The zero-order chi connectivity index (χ0) is 31.5. The lowest BCUT2D eigenvalue weighted by Gasteiger charge is -2.30. The van der Waals surface area contributed by atoms with Gasteiger partial charge in [0.25, 0.3) is 0 Å². The van der Waals surface area contributed by atoms with E-state index in [9.17, 15) is 9.59 Å². The minimum atomic E-state index is -0.667. The maximum Gasteiger partial charge on any atom is 0.407 e. The first-order valence-corrected chi connectivity index (χ1v) is 15.9. The summed E-state index contributed by atoms with van der Waals surface area (Å²) >= 11 is 0. The van der Waals surface area contributed by atoms with E-state index in [0.717, 1.165) is 59.2 Å². The first kappa shape index (κ1) is 30.4. The Bertz CT molecular complexity index is 1740. The van der Waals surface area contributed by atoms with Crippen molar-refractivity contribution < 1.29 is 14.3 Å². The molecule has 45 heavy (non-hydrogen) atoms. The van der Waals surface area contributed by atoms with Crippen molar-refractivity contribution in [3.05, 3.63) is 71.7 Å². The van der Waals surface area contributed by atoms with Gasteiger partial charge in [-0.3, -0.25) is 4.79 Å². The van der Waals surface area contributed by atoms with Crippen LogP contribution < -0.4 is 10.6 Å². The first-order chi connectivity index (χ1) is 21.8. The van der Waals surface area contributed by atoms with E-state index in [0.29, 0.717) is 30.0 Å². The van der Waals surface area contributed by atoms with Gasteiger partial charge in [-0.1, -0.05) is 51.3 Å². The molecular formula is C35H41N7O3. The molecule has 4 heterocycles. The summed E-state index contributed by atoms with van der Waals surface area (Å²) in [5, 5.41) is 8.48. The predicted molar refractivity (Wildman–Crippen MR) is 173 cm³/mol. The van der Waals surface area contributed by atoms with Gasteiger partial charge in [0.15, 0.2) is 0 Å². The van der Waals surface area contributed by atoms with Crippen molar-refractivity contribution in [2.24, 2.45) is 11.8 Å². The lowest BCUT2D eigenvalue weighted by atomic mass is 9.97. The van der Waals surface area contributed by atoms with E-state index in [1.54, 1.807) is 6.20 Å². The number of carbonyl (C=O) groups is 2. The number of likely N-dealkylation sites (tertiary alicyclic amines) is 1. The second-order valence-corrected chi connectivity index (χ2v) is 12.4. The number of aromatic amines is 2. The molecule has 0 bridgehead atoms. The van der Waals surface area contributed by atoms with Crippen molar-refractivity contribution >= 4 is 22.8 Å². The Balaban J connectivity index is 1.16. The fraction of sp³-hybridized carbons (Fsp3) is 0.429. The van der Waals surface area contributed by atoms with Crippen molar-refractivity contribution in [1.29, 1.82) is 0 Å². The van der Waals surface area contributed by atoms with Crippen LogP contribution in [0.5, 0.6) is 0 Å². The summed E-state index contributed by atoms with van der Waals surface area (Å²) in [5.41, 5.74) is 3.71. The molecule has 4 N–H and O–H groups in total. The van der Waals surface area contributed by atoms with Gasteiger partial charge in [-0.15, -0.1) is 0 Å². The van der Waals surface area contributed by atoms with Crippen molar-refractivity contribution in [3.63, 3.8) is 0 Å². The van der Waals surface area contributed by atoms with Crippen molar-refractivity contribution in [1.82, 2.24) is 35.5 Å². The molecule has 2 amide bonds. The van der Waals surface area contributed by atoms with E-state index >= 15 is 0 Å². The third-order valence-corrected chi connectivity index (χ3v) is 9.12. The lowest BCUT2D eigenvalue weighted by Crippen LogP contribution is -2.51. The summed E-state index contributed by atoms with van der Waals surface area (Å²) in [6.07, 6.45) is 6.85. The van der Waals surface area contributed by atoms with E-state index in [4.69, 9.17) is 4.74 Å². The summed E-state index contributed by atoms with van der Waals surface area (Å²) in [7, 11) is 1.31. The van der Waals surface area contributed by atoms with Gasteiger partial charge in [0, 0.05) is 17.7 Å². The summed E-state index contributed by atoms with van der Waals surface area (Å²) in [4.78, 5) is 43.6. The average molecular weight is 608 g/mol. The van der Waals surface area contributed by atoms with Gasteiger partial charge >= 0.3 is 6.09 Å². The van der Waals surface area contributed by atoms with Crippen LogP contribution in [0.25, 0.3) is 22.0 Å². The van der Waals surface area contributed by atoms with Crippen LogP contribution in [0.15, 0.2) is 48.8 Å². The zero-order valence-corrected chi connectivity index (χ0v) is 26.3. The molecule has 0 aliphatic carbocycles. The Labute approximate surface area is 263 Å². The topological polar surface area (TPSA) is 128 Å². The van der Waals surface area contributed by atoms with Crippen LogP contribution in [0.1, 0.15) is 81.4 Å². The number of nitrogens with zero attached hydrogens (tertiary/aromatic N) is 3. The van der Waals surface area contributed by atoms with Gasteiger partial charge < -0.3 is 30.2 Å². The SMILES string of the molecule is CCC(C)C(NC(=O)OC)C(=O)N1CC(C)CC1c1ncc(C#Cc2ccc3cc(-c4cnc(C5CCCN5)[nH]4)ccc3c2)[nH]1. The fourth-order valence-corrected chi connectivity index (χ4v) is 6.37. The third-order valence-electron chi connectivity index (χ3n) is 9.12. The number of fused-ring (bicyclic) bond motifs is 1. The minimum Gasteiger partial charge on any atom is -0.453 e. The molecule has 2 aromatic carbocycles. The fourth-order valence-electron chi connectivity index (χ4n) is 6.37.